The van der Waals surface area contributed by atoms with Crippen molar-refractivity contribution in [2.75, 3.05) is 20.3 Å². The first kappa shape index (κ1) is 24.8. The minimum absolute atomic E-state index is 0.00130. The number of aliphatic hydroxyl groups excluding tert-OH is 3. The third kappa shape index (κ3) is 8.01. The highest BCUT2D eigenvalue weighted by molar-refractivity contribution is 6.02. The van der Waals surface area contributed by atoms with Crippen molar-refractivity contribution in [3.8, 4) is 11.5 Å². The monoisotopic (exact) mass is 442 g/mol. The summed E-state index contributed by atoms with van der Waals surface area (Å²) in [5.74, 6) is -0.374. The van der Waals surface area contributed by atoms with Gasteiger partial charge in [0.25, 0.3) is 0 Å². The van der Waals surface area contributed by atoms with E-state index in [0.717, 1.165) is 6.08 Å². The van der Waals surface area contributed by atoms with Gasteiger partial charge in [-0.2, -0.15) is 0 Å². The fourth-order valence-electron chi connectivity index (χ4n) is 2.64. The topological polar surface area (TPSA) is 126 Å². The van der Waals surface area contributed by atoms with E-state index in [1.165, 1.54) is 31.4 Å². The van der Waals surface area contributed by atoms with Gasteiger partial charge in [0, 0.05) is 6.08 Å². The number of aliphatic hydroxyl groups is 3. The van der Waals surface area contributed by atoms with Gasteiger partial charge in [0.1, 0.15) is 19.0 Å². The molecule has 0 aliphatic heterocycles. The van der Waals surface area contributed by atoms with Crippen LogP contribution in [-0.4, -0.2) is 46.5 Å². The molecule has 0 heterocycles. The molecule has 170 valence electrons. The summed E-state index contributed by atoms with van der Waals surface area (Å²) >= 11 is 0. The number of phenols is 1. The molecule has 0 saturated heterocycles. The van der Waals surface area contributed by atoms with Crippen LogP contribution in [0.4, 0.5) is 0 Å². The number of carbonyl (C=O) groups is 1. The van der Waals surface area contributed by atoms with Gasteiger partial charge >= 0.3 is 0 Å². The van der Waals surface area contributed by atoms with E-state index in [2.05, 4.69) is 0 Å². The fraction of sp³-hybridized carbons (Fsp3) is 0.208. The lowest BCUT2D eigenvalue weighted by molar-refractivity contribution is -0.307. The SMILES string of the molecule is COc1cc(/C=C/C(=O)C=C(O)/C=C/c2ccc(COOCCO)c(CO)c2)ccc1O. The minimum atomic E-state index is -0.425. The molecule has 0 radical (unpaired) electrons. The highest BCUT2D eigenvalue weighted by Gasteiger charge is 2.04. The molecule has 2 aromatic rings. The van der Waals surface area contributed by atoms with Crippen molar-refractivity contribution in [2.24, 2.45) is 0 Å². The largest absolute Gasteiger partial charge is 0.508 e. The Kier molecular flexibility index (Phi) is 10.2. The molecule has 0 spiro atoms. The molecule has 0 amide bonds. The summed E-state index contributed by atoms with van der Waals surface area (Å²) in [6, 6.07) is 9.88. The molecule has 0 atom stereocenters. The number of allylic oxidation sites excluding steroid dienone is 3. The Labute approximate surface area is 185 Å². The number of phenolic OH excluding ortho intramolecular Hbond substituents is 1. The molecule has 0 aliphatic rings. The smallest absolute Gasteiger partial charge is 0.182 e. The second-order valence-electron chi connectivity index (χ2n) is 6.56. The Morgan fingerprint density at radius 2 is 1.69 bits per heavy atom. The summed E-state index contributed by atoms with van der Waals surface area (Å²) in [5, 5.41) is 37.8. The standard InChI is InChI=1S/C24H26O8/c1-30-24-13-18(5-9-23(24)29)4-8-22(28)14-21(27)7-3-17-2-6-19(20(12-17)15-26)16-32-31-11-10-25/h2-9,12-14,25-27,29H,10-11,15-16H2,1H3/b7-3+,8-4+,21-14?. The molecule has 0 bridgehead atoms. The van der Waals surface area contributed by atoms with E-state index in [4.69, 9.17) is 19.6 Å². The van der Waals surface area contributed by atoms with Crippen LogP contribution < -0.4 is 4.74 Å². The zero-order valence-corrected chi connectivity index (χ0v) is 17.6. The predicted molar refractivity (Wildman–Crippen MR) is 119 cm³/mol. The lowest BCUT2D eigenvalue weighted by Gasteiger charge is -2.08. The van der Waals surface area contributed by atoms with Crippen LogP contribution in [0.1, 0.15) is 22.3 Å². The average molecular weight is 442 g/mol. The van der Waals surface area contributed by atoms with Crippen LogP contribution >= 0.6 is 0 Å². The Balaban J connectivity index is 2.00. The van der Waals surface area contributed by atoms with Gasteiger partial charge in [0.2, 0.25) is 0 Å². The lowest BCUT2D eigenvalue weighted by atomic mass is 10.0. The summed E-state index contributed by atoms with van der Waals surface area (Å²) < 4.78 is 5.02. The van der Waals surface area contributed by atoms with E-state index >= 15 is 0 Å². The number of carbonyl (C=O) groups excluding carboxylic acids is 1. The molecule has 0 fully saturated rings. The zero-order chi connectivity index (χ0) is 23.3. The Morgan fingerprint density at radius 3 is 2.41 bits per heavy atom. The molecule has 8 heteroatoms. The maximum atomic E-state index is 12.0. The van der Waals surface area contributed by atoms with Crippen LogP contribution in [0.15, 0.2) is 60.4 Å². The molecule has 0 aliphatic carbocycles. The first-order valence-electron chi connectivity index (χ1n) is 9.72. The van der Waals surface area contributed by atoms with E-state index in [1.807, 2.05) is 0 Å². The van der Waals surface area contributed by atoms with Gasteiger partial charge in [0.05, 0.1) is 20.3 Å². The van der Waals surface area contributed by atoms with Gasteiger partial charge in [-0.1, -0.05) is 30.4 Å². The Morgan fingerprint density at radius 1 is 0.969 bits per heavy atom. The quantitative estimate of drug-likeness (QED) is 0.0987. The van der Waals surface area contributed by atoms with Crippen LogP contribution in [0, 0.1) is 0 Å². The minimum Gasteiger partial charge on any atom is -0.508 e. The van der Waals surface area contributed by atoms with E-state index in [1.54, 1.807) is 36.4 Å². The molecule has 0 unspecified atom stereocenters. The summed E-state index contributed by atoms with van der Waals surface area (Å²) in [6.07, 6.45) is 6.86. The van der Waals surface area contributed by atoms with Crippen molar-refractivity contribution in [1.82, 2.24) is 0 Å². The number of ether oxygens (including phenoxy) is 1. The van der Waals surface area contributed by atoms with Gasteiger partial charge in [-0.05, 0) is 52.6 Å². The third-order valence-corrected chi connectivity index (χ3v) is 4.25. The van der Waals surface area contributed by atoms with Crippen LogP contribution in [0.5, 0.6) is 11.5 Å². The van der Waals surface area contributed by atoms with Crippen molar-refractivity contribution in [1.29, 1.82) is 0 Å². The molecule has 0 aromatic heterocycles. The predicted octanol–water partition coefficient (Wildman–Crippen LogP) is 3.07. The second kappa shape index (κ2) is 13.1. The van der Waals surface area contributed by atoms with Gasteiger partial charge in [-0.15, -0.1) is 0 Å². The molecule has 4 N–H and O–H groups in total. The maximum Gasteiger partial charge on any atom is 0.182 e. The Hall–Kier alpha value is -3.43. The van der Waals surface area contributed by atoms with Gasteiger partial charge in [-0.3, -0.25) is 4.79 Å². The molecule has 2 rings (SSSR count). The highest BCUT2D eigenvalue weighted by atomic mass is 17.2. The summed E-state index contributed by atoms with van der Waals surface area (Å²) in [4.78, 5) is 21.8. The van der Waals surface area contributed by atoms with E-state index in [-0.39, 0.29) is 37.9 Å². The first-order valence-corrected chi connectivity index (χ1v) is 9.72. The normalized spacial score (nSPS) is 12.0. The molecular formula is C24H26O8. The average Bonchev–Trinajstić information content (AvgIpc) is 2.80. The maximum absolute atomic E-state index is 12.0. The Bertz CT molecular complexity index is 991. The van der Waals surface area contributed by atoms with E-state index < -0.39 is 5.78 Å². The summed E-state index contributed by atoms with van der Waals surface area (Å²) in [5.41, 5.74) is 2.69. The second-order valence-corrected chi connectivity index (χ2v) is 6.56. The van der Waals surface area contributed by atoms with Crippen LogP contribution in [0.2, 0.25) is 0 Å². The highest BCUT2D eigenvalue weighted by Crippen LogP contribution is 2.26. The molecule has 32 heavy (non-hydrogen) atoms. The van der Waals surface area contributed by atoms with Crippen molar-refractivity contribution < 1.29 is 39.7 Å². The summed E-state index contributed by atoms with van der Waals surface area (Å²) in [7, 11) is 1.43. The molecular weight excluding hydrogens is 416 g/mol. The van der Waals surface area contributed by atoms with Gasteiger partial charge in [0.15, 0.2) is 17.3 Å². The number of benzene rings is 2. The van der Waals surface area contributed by atoms with E-state index in [9.17, 15) is 20.1 Å². The number of methoxy groups -OCH3 is 1. The lowest BCUT2D eigenvalue weighted by Crippen LogP contribution is -2.03. The van der Waals surface area contributed by atoms with Gasteiger partial charge < -0.3 is 25.2 Å². The molecule has 0 saturated carbocycles. The van der Waals surface area contributed by atoms with E-state index in [0.29, 0.717) is 28.0 Å². The van der Waals surface area contributed by atoms with Crippen LogP contribution in [-0.2, 0) is 27.8 Å². The van der Waals surface area contributed by atoms with Crippen molar-refractivity contribution in [3.05, 3.63) is 82.6 Å². The summed E-state index contributed by atoms with van der Waals surface area (Å²) in [6.45, 7) is -0.207. The van der Waals surface area contributed by atoms with Crippen LogP contribution in [0.25, 0.3) is 12.2 Å². The van der Waals surface area contributed by atoms with Crippen molar-refractivity contribution in [3.63, 3.8) is 0 Å². The van der Waals surface area contributed by atoms with Gasteiger partial charge in [-0.25, -0.2) is 9.78 Å². The fourth-order valence-corrected chi connectivity index (χ4v) is 2.64. The third-order valence-electron chi connectivity index (χ3n) is 4.25. The number of rotatable bonds is 12. The van der Waals surface area contributed by atoms with Crippen molar-refractivity contribution >= 4 is 17.9 Å². The molecule has 2 aromatic carbocycles. The number of ketones is 1. The molecule has 8 nitrogen and oxygen atoms in total. The first-order chi connectivity index (χ1) is 15.5. The zero-order valence-electron chi connectivity index (χ0n) is 17.6. The van der Waals surface area contributed by atoms with Crippen LogP contribution in [0.3, 0.4) is 0 Å². The van der Waals surface area contributed by atoms with Crippen molar-refractivity contribution in [2.45, 2.75) is 13.2 Å². The number of aromatic hydroxyl groups is 1. The number of hydrogen-bond acceptors (Lipinski definition) is 8. The number of hydrogen-bond donors (Lipinski definition) is 4.